The van der Waals surface area contributed by atoms with E-state index in [1.54, 1.807) is 4.90 Å². The number of methoxy groups -OCH3 is 1. The molecule has 114 valence electrons. The van der Waals surface area contributed by atoms with E-state index >= 15 is 0 Å². The number of nitro groups is 1. The number of hydrazine groups is 1. The zero-order chi connectivity index (χ0) is 15.4. The van der Waals surface area contributed by atoms with E-state index in [-0.39, 0.29) is 23.5 Å². The molecule has 0 bridgehead atoms. The maximum absolute atomic E-state index is 11.2. The van der Waals surface area contributed by atoms with Crippen molar-refractivity contribution in [2.24, 2.45) is 5.84 Å². The maximum atomic E-state index is 11.2. The minimum atomic E-state index is -0.559. The molecule has 1 atom stereocenters. The van der Waals surface area contributed by atoms with Gasteiger partial charge in [-0.1, -0.05) is 0 Å². The van der Waals surface area contributed by atoms with E-state index < -0.39 is 11.0 Å². The summed E-state index contributed by atoms with van der Waals surface area (Å²) < 4.78 is 4.52. The molecule has 0 saturated carbocycles. The zero-order valence-corrected chi connectivity index (χ0v) is 11.3. The van der Waals surface area contributed by atoms with Crippen molar-refractivity contribution in [3.63, 3.8) is 0 Å². The fraction of sp³-hybridized carbons (Fsp3) is 0.500. The smallest absolute Gasteiger partial charge is 0.407 e. The fourth-order valence-corrected chi connectivity index (χ4v) is 2.09. The van der Waals surface area contributed by atoms with Crippen molar-refractivity contribution in [3.8, 4) is 0 Å². The van der Waals surface area contributed by atoms with Gasteiger partial charge in [-0.05, 0) is 6.42 Å². The molecule has 1 aromatic heterocycles. The van der Waals surface area contributed by atoms with Gasteiger partial charge in [-0.3, -0.25) is 15.5 Å². The molecule has 1 aromatic rings. The fourth-order valence-electron chi connectivity index (χ4n) is 2.09. The summed E-state index contributed by atoms with van der Waals surface area (Å²) in [5.74, 6) is 5.47. The van der Waals surface area contributed by atoms with Crippen molar-refractivity contribution in [1.29, 1.82) is 0 Å². The second-order valence-electron chi connectivity index (χ2n) is 4.37. The van der Waals surface area contributed by atoms with E-state index in [4.69, 9.17) is 5.84 Å². The molecule has 1 amide bonds. The van der Waals surface area contributed by atoms with Gasteiger partial charge < -0.3 is 15.0 Å². The average molecular weight is 297 g/mol. The van der Waals surface area contributed by atoms with E-state index in [1.165, 1.54) is 7.11 Å². The molecule has 1 saturated heterocycles. The highest BCUT2D eigenvalue weighted by Gasteiger charge is 2.30. The number of amides is 1. The molecule has 4 N–H and O–H groups in total. The summed E-state index contributed by atoms with van der Waals surface area (Å²) in [6.45, 7) is 0.896. The van der Waals surface area contributed by atoms with Crippen LogP contribution in [0.5, 0.6) is 0 Å². The average Bonchev–Trinajstić information content (AvgIpc) is 2.94. The van der Waals surface area contributed by atoms with Crippen molar-refractivity contribution in [2.75, 3.05) is 30.5 Å². The van der Waals surface area contributed by atoms with E-state index in [1.807, 2.05) is 0 Å². The van der Waals surface area contributed by atoms with Crippen LogP contribution in [0.15, 0.2) is 6.20 Å². The summed E-state index contributed by atoms with van der Waals surface area (Å²) in [5, 5.41) is 13.7. The summed E-state index contributed by atoms with van der Waals surface area (Å²) in [5.41, 5.74) is 2.03. The van der Waals surface area contributed by atoms with Gasteiger partial charge in [0.1, 0.15) is 6.20 Å². The van der Waals surface area contributed by atoms with Gasteiger partial charge in [-0.2, -0.15) is 4.98 Å². The first-order valence-electron chi connectivity index (χ1n) is 6.12. The Bertz CT molecular complexity index is 552. The van der Waals surface area contributed by atoms with Gasteiger partial charge >= 0.3 is 11.8 Å². The van der Waals surface area contributed by atoms with Crippen LogP contribution in [0.4, 0.5) is 22.2 Å². The SMILES string of the molecule is COC(=O)NC1CCN(c2nc(NN)ncc2[N+](=O)[O-])C1. The number of nitrogens with zero attached hydrogens (tertiary/aromatic N) is 4. The Labute approximate surface area is 119 Å². The molecule has 0 spiro atoms. The van der Waals surface area contributed by atoms with E-state index in [0.717, 1.165) is 6.20 Å². The minimum Gasteiger partial charge on any atom is -0.453 e. The Hall–Kier alpha value is -2.69. The van der Waals surface area contributed by atoms with Crippen LogP contribution in [0.1, 0.15) is 6.42 Å². The summed E-state index contributed by atoms with van der Waals surface area (Å²) in [4.78, 5) is 31.1. The van der Waals surface area contributed by atoms with Crippen LogP contribution in [0.3, 0.4) is 0 Å². The molecule has 2 heterocycles. The predicted molar refractivity (Wildman–Crippen MR) is 72.7 cm³/mol. The number of nitrogens with one attached hydrogen (secondary N) is 2. The first-order valence-corrected chi connectivity index (χ1v) is 6.12. The summed E-state index contributed by atoms with van der Waals surface area (Å²) >= 11 is 0. The van der Waals surface area contributed by atoms with Crippen molar-refractivity contribution in [2.45, 2.75) is 12.5 Å². The molecule has 1 unspecified atom stereocenters. The Kier molecular flexibility index (Phi) is 4.33. The van der Waals surface area contributed by atoms with Crippen LogP contribution in [0.2, 0.25) is 0 Å². The van der Waals surface area contributed by atoms with Crippen LogP contribution in [-0.4, -0.2) is 47.2 Å². The third kappa shape index (κ3) is 3.25. The molecular formula is C10H15N7O4. The van der Waals surface area contributed by atoms with Crippen LogP contribution in [0.25, 0.3) is 0 Å². The molecule has 1 aliphatic heterocycles. The van der Waals surface area contributed by atoms with Crippen LogP contribution >= 0.6 is 0 Å². The second kappa shape index (κ2) is 6.17. The predicted octanol–water partition coefficient (Wildman–Crippen LogP) is -0.395. The van der Waals surface area contributed by atoms with Crippen molar-refractivity contribution in [3.05, 3.63) is 16.3 Å². The van der Waals surface area contributed by atoms with Crippen LogP contribution in [0, 0.1) is 10.1 Å². The van der Waals surface area contributed by atoms with Crippen LogP contribution < -0.4 is 21.5 Å². The molecule has 11 heteroatoms. The number of aromatic nitrogens is 2. The van der Waals surface area contributed by atoms with Crippen molar-refractivity contribution >= 4 is 23.5 Å². The largest absolute Gasteiger partial charge is 0.453 e. The number of nitrogens with two attached hydrogens (primary N) is 1. The molecule has 2 rings (SSSR count). The second-order valence-corrected chi connectivity index (χ2v) is 4.37. The van der Waals surface area contributed by atoms with E-state index in [2.05, 4.69) is 25.4 Å². The maximum Gasteiger partial charge on any atom is 0.407 e. The number of carbonyl (C=O) groups is 1. The number of rotatable bonds is 4. The molecule has 1 fully saturated rings. The number of nitrogen functional groups attached to an aromatic ring is 1. The molecule has 0 aliphatic carbocycles. The summed E-state index contributed by atoms with van der Waals surface area (Å²) in [6.07, 6.45) is 1.18. The molecule has 11 nitrogen and oxygen atoms in total. The quantitative estimate of drug-likeness (QED) is 0.383. The molecular weight excluding hydrogens is 282 g/mol. The molecule has 0 aromatic carbocycles. The lowest BCUT2D eigenvalue weighted by atomic mass is 10.3. The summed E-state index contributed by atoms with van der Waals surface area (Å²) in [7, 11) is 1.27. The van der Waals surface area contributed by atoms with Gasteiger partial charge in [-0.15, -0.1) is 0 Å². The number of carbonyl (C=O) groups excluding carboxylic acids is 1. The van der Waals surface area contributed by atoms with Gasteiger partial charge in [0.05, 0.1) is 18.1 Å². The highest BCUT2D eigenvalue weighted by molar-refractivity contribution is 5.68. The number of ether oxygens (including phenoxy) is 1. The number of anilines is 2. The van der Waals surface area contributed by atoms with Crippen LogP contribution in [-0.2, 0) is 4.74 Å². The van der Waals surface area contributed by atoms with E-state index in [9.17, 15) is 14.9 Å². The minimum absolute atomic E-state index is 0.0833. The van der Waals surface area contributed by atoms with Gasteiger partial charge in [0.25, 0.3) is 0 Å². The Morgan fingerprint density at radius 3 is 3.05 bits per heavy atom. The normalized spacial score (nSPS) is 17.4. The lowest BCUT2D eigenvalue weighted by Crippen LogP contribution is -2.37. The highest BCUT2D eigenvalue weighted by atomic mass is 16.6. The topological polar surface area (TPSA) is 149 Å². The molecule has 1 aliphatic rings. The third-order valence-electron chi connectivity index (χ3n) is 3.07. The molecule has 21 heavy (non-hydrogen) atoms. The van der Waals surface area contributed by atoms with Gasteiger partial charge in [0, 0.05) is 13.1 Å². The summed E-state index contributed by atoms with van der Waals surface area (Å²) in [6, 6.07) is -0.165. The van der Waals surface area contributed by atoms with Gasteiger partial charge in [-0.25, -0.2) is 15.6 Å². The first-order chi connectivity index (χ1) is 10.0. The highest BCUT2D eigenvalue weighted by Crippen LogP contribution is 2.28. The van der Waals surface area contributed by atoms with E-state index in [0.29, 0.717) is 19.5 Å². The standard InChI is InChI=1S/C10H15N7O4/c1-21-10(18)13-6-2-3-16(5-6)8-7(17(19)20)4-12-9(14-8)15-11/h4,6H,2-3,5,11H2,1H3,(H,13,18)(H,12,14,15). The lowest BCUT2D eigenvalue weighted by Gasteiger charge is -2.17. The third-order valence-corrected chi connectivity index (χ3v) is 3.07. The number of hydrogen-bond acceptors (Lipinski definition) is 9. The number of hydrogen-bond donors (Lipinski definition) is 3. The molecule has 0 radical (unpaired) electrons. The van der Waals surface area contributed by atoms with Gasteiger partial charge in [0.15, 0.2) is 0 Å². The van der Waals surface area contributed by atoms with Gasteiger partial charge in [0.2, 0.25) is 11.8 Å². The Morgan fingerprint density at radius 1 is 1.67 bits per heavy atom. The Balaban J connectivity index is 2.18. The number of alkyl carbamates (subject to hydrolysis) is 1. The first kappa shape index (κ1) is 14.7. The Morgan fingerprint density at radius 2 is 2.43 bits per heavy atom. The van der Waals surface area contributed by atoms with Crippen molar-refractivity contribution < 1.29 is 14.5 Å². The zero-order valence-electron chi connectivity index (χ0n) is 11.3. The monoisotopic (exact) mass is 297 g/mol. The lowest BCUT2D eigenvalue weighted by molar-refractivity contribution is -0.384. The van der Waals surface area contributed by atoms with Crippen molar-refractivity contribution in [1.82, 2.24) is 15.3 Å².